The van der Waals surface area contributed by atoms with Crippen molar-refractivity contribution in [1.82, 2.24) is 0 Å². The summed E-state index contributed by atoms with van der Waals surface area (Å²) in [7, 11) is 1.59. The van der Waals surface area contributed by atoms with Gasteiger partial charge in [0.2, 0.25) is 11.8 Å². The van der Waals surface area contributed by atoms with Gasteiger partial charge in [-0.25, -0.2) is 0 Å². The number of ether oxygens (including phenoxy) is 1. The van der Waals surface area contributed by atoms with Crippen molar-refractivity contribution in [2.45, 2.75) is 46.5 Å². The molecule has 150 valence electrons. The van der Waals surface area contributed by atoms with Crippen molar-refractivity contribution < 1.29 is 14.3 Å². The van der Waals surface area contributed by atoms with E-state index in [-0.39, 0.29) is 30.2 Å². The minimum Gasteiger partial charge on any atom is -0.497 e. The molecule has 0 heterocycles. The van der Waals surface area contributed by atoms with E-state index < -0.39 is 0 Å². The Morgan fingerprint density at radius 2 is 1.50 bits per heavy atom. The van der Waals surface area contributed by atoms with Crippen LogP contribution >= 0.6 is 0 Å². The Kier molecular flexibility index (Phi) is 7.21. The third-order valence-electron chi connectivity index (χ3n) is 4.70. The van der Waals surface area contributed by atoms with Gasteiger partial charge in [-0.2, -0.15) is 0 Å². The van der Waals surface area contributed by atoms with Crippen LogP contribution in [0.2, 0.25) is 0 Å². The number of benzene rings is 2. The van der Waals surface area contributed by atoms with Gasteiger partial charge in [-0.1, -0.05) is 45.9 Å². The second-order valence-electron chi connectivity index (χ2n) is 7.47. The molecule has 0 radical (unpaired) electrons. The van der Waals surface area contributed by atoms with Gasteiger partial charge < -0.3 is 15.0 Å². The molecule has 0 saturated heterocycles. The normalized spacial score (nSPS) is 10.9. The Labute approximate surface area is 167 Å². The average Bonchev–Trinajstić information content (AvgIpc) is 2.65. The smallest absolute Gasteiger partial charge is 0.244 e. The number of nitrogens with one attached hydrogen (secondary N) is 1. The lowest BCUT2D eigenvalue weighted by atomic mass is 9.92. The van der Waals surface area contributed by atoms with Crippen LogP contribution in [0.1, 0.15) is 57.6 Å². The van der Waals surface area contributed by atoms with Crippen LogP contribution in [0.15, 0.2) is 42.5 Å². The predicted molar refractivity (Wildman–Crippen MR) is 114 cm³/mol. The molecule has 0 fully saturated rings. The molecule has 0 aliphatic carbocycles. The molecule has 2 amide bonds. The molecule has 1 N–H and O–H groups in total. The van der Waals surface area contributed by atoms with Crippen molar-refractivity contribution >= 4 is 23.2 Å². The molecular weight excluding hydrogens is 352 g/mol. The van der Waals surface area contributed by atoms with Crippen LogP contribution in [0.25, 0.3) is 0 Å². The Hall–Kier alpha value is -2.82. The maximum Gasteiger partial charge on any atom is 0.244 e. The number of amides is 2. The molecule has 0 aliphatic rings. The van der Waals surface area contributed by atoms with Gasteiger partial charge in [0.1, 0.15) is 12.3 Å². The van der Waals surface area contributed by atoms with E-state index in [0.717, 1.165) is 16.8 Å². The van der Waals surface area contributed by atoms with Gasteiger partial charge in [-0.15, -0.1) is 0 Å². The summed E-state index contributed by atoms with van der Waals surface area (Å²) in [6.07, 6.45) is 0. The monoisotopic (exact) mass is 382 g/mol. The zero-order valence-corrected chi connectivity index (χ0v) is 17.6. The van der Waals surface area contributed by atoms with Gasteiger partial charge >= 0.3 is 0 Å². The third kappa shape index (κ3) is 5.12. The Balaban J connectivity index is 2.27. The molecule has 0 unspecified atom stereocenters. The van der Waals surface area contributed by atoms with Crippen molar-refractivity contribution in [3.05, 3.63) is 53.6 Å². The quantitative estimate of drug-likeness (QED) is 0.738. The number of hydrogen-bond acceptors (Lipinski definition) is 3. The van der Waals surface area contributed by atoms with Gasteiger partial charge in [-0.05, 0) is 47.2 Å². The minimum absolute atomic E-state index is 0.0500. The van der Waals surface area contributed by atoms with Crippen LogP contribution in [0.4, 0.5) is 11.4 Å². The maximum atomic E-state index is 12.8. The minimum atomic E-state index is -0.221. The van der Waals surface area contributed by atoms with Gasteiger partial charge in [-0.3, -0.25) is 9.59 Å². The molecule has 5 heteroatoms. The van der Waals surface area contributed by atoms with E-state index in [2.05, 4.69) is 33.0 Å². The molecule has 2 rings (SSSR count). The predicted octanol–water partition coefficient (Wildman–Crippen LogP) is 4.93. The molecule has 0 saturated carbocycles. The zero-order valence-electron chi connectivity index (χ0n) is 17.6. The highest BCUT2D eigenvalue weighted by Crippen LogP contribution is 2.32. The number of nitrogens with zero attached hydrogens (tertiary/aromatic N) is 1. The lowest BCUT2D eigenvalue weighted by Gasteiger charge is -2.23. The van der Waals surface area contributed by atoms with Crippen molar-refractivity contribution in [2.24, 2.45) is 0 Å². The van der Waals surface area contributed by atoms with Crippen LogP contribution in [-0.2, 0) is 9.59 Å². The van der Waals surface area contributed by atoms with E-state index in [1.54, 1.807) is 31.4 Å². The van der Waals surface area contributed by atoms with Gasteiger partial charge in [0.25, 0.3) is 0 Å². The van der Waals surface area contributed by atoms with E-state index in [1.165, 1.54) is 11.8 Å². The summed E-state index contributed by atoms with van der Waals surface area (Å²) < 4.78 is 5.16. The highest BCUT2D eigenvalue weighted by Gasteiger charge is 2.20. The molecule has 28 heavy (non-hydrogen) atoms. The average molecular weight is 383 g/mol. The SMILES string of the molecule is COc1ccc(N(CC(=O)Nc2c(C(C)C)cccc2C(C)C)C(C)=O)cc1. The van der Waals surface area contributed by atoms with Gasteiger partial charge in [0, 0.05) is 18.3 Å². The number of methoxy groups -OCH3 is 1. The van der Waals surface area contributed by atoms with Crippen molar-refractivity contribution in [3.63, 3.8) is 0 Å². The molecule has 0 aromatic heterocycles. The molecule has 2 aromatic rings. The highest BCUT2D eigenvalue weighted by atomic mass is 16.5. The lowest BCUT2D eigenvalue weighted by Crippen LogP contribution is -2.37. The summed E-state index contributed by atoms with van der Waals surface area (Å²) >= 11 is 0. The molecular formula is C23H30N2O3. The largest absolute Gasteiger partial charge is 0.497 e. The number of anilines is 2. The Morgan fingerprint density at radius 3 is 1.93 bits per heavy atom. The van der Waals surface area contributed by atoms with E-state index >= 15 is 0 Å². The fourth-order valence-corrected chi connectivity index (χ4v) is 3.16. The van der Waals surface area contributed by atoms with E-state index in [9.17, 15) is 9.59 Å². The first-order valence-electron chi connectivity index (χ1n) is 9.59. The maximum absolute atomic E-state index is 12.8. The topological polar surface area (TPSA) is 58.6 Å². The fourth-order valence-electron chi connectivity index (χ4n) is 3.16. The van der Waals surface area contributed by atoms with E-state index in [4.69, 9.17) is 4.74 Å². The summed E-state index contributed by atoms with van der Waals surface area (Å²) in [5, 5.41) is 3.06. The van der Waals surface area contributed by atoms with Crippen LogP contribution in [-0.4, -0.2) is 25.5 Å². The first-order chi connectivity index (χ1) is 13.2. The Bertz CT molecular complexity index is 800. The zero-order chi connectivity index (χ0) is 20.8. The number of carbonyl (C=O) groups excluding carboxylic acids is 2. The molecule has 0 bridgehead atoms. The first-order valence-corrected chi connectivity index (χ1v) is 9.59. The summed E-state index contributed by atoms with van der Waals surface area (Å²) in [6.45, 7) is 9.83. The lowest BCUT2D eigenvalue weighted by molar-refractivity contribution is -0.120. The van der Waals surface area contributed by atoms with Crippen LogP contribution in [0, 0.1) is 0 Å². The first kappa shape index (κ1) is 21.5. The summed E-state index contributed by atoms with van der Waals surface area (Å²) in [4.78, 5) is 26.5. The number of para-hydroxylation sites is 1. The molecule has 0 spiro atoms. The molecule has 2 aromatic carbocycles. The second-order valence-corrected chi connectivity index (χ2v) is 7.47. The second kappa shape index (κ2) is 9.40. The van der Waals surface area contributed by atoms with Crippen LogP contribution < -0.4 is 15.0 Å². The molecule has 0 aliphatic heterocycles. The molecule has 5 nitrogen and oxygen atoms in total. The van der Waals surface area contributed by atoms with E-state index in [1.807, 2.05) is 18.2 Å². The fraction of sp³-hybridized carbons (Fsp3) is 0.391. The van der Waals surface area contributed by atoms with Crippen molar-refractivity contribution in [3.8, 4) is 5.75 Å². The van der Waals surface area contributed by atoms with Gasteiger partial charge in [0.05, 0.1) is 7.11 Å². The van der Waals surface area contributed by atoms with Crippen molar-refractivity contribution in [1.29, 1.82) is 0 Å². The highest BCUT2D eigenvalue weighted by molar-refractivity contribution is 6.02. The number of hydrogen-bond donors (Lipinski definition) is 1. The standard InChI is InChI=1S/C23H30N2O3/c1-15(2)20-8-7-9-21(16(3)4)23(20)24-22(27)14-25(17(5)26)18-10-12-19(28-6)13-11-18/h7-13,15-16H,14H2,1-6H3,(H,24,27). The summed E-state index contributed by atoms with van der Waals surface area (Å²) in [5.41, 5.74) is 3.71. The molecule has 0 atom stereocenters. The van der Waals surface area contributed by atoms with Crippen LogP contribution in [0.3, 0.4) is 0 Å². The number of rotatable bonds is 7. The van der Waals surface area contributed by atoms with Crippen molar-refractivity contribution in [2.75, 3.05) is 23.9 Å². The van der Waals surface area contributed by atoms with E-state index in [0.29, 0.717) is 11.4 Å². The van der Waals surface area contributed by atoms with Gasteiger partial charge in [0.15, 0.2) is 0 Å². The summed E-state index contributed by atoms with van der Waals surface area (Å²) in [5.74, 6) is 0.839. The van der Waals surface area contributed by atoms with Crippen LogP contribution in [0.5, 0.6) is 5.75 Å². The third-order valence-corrected chi connectivity index (χ3v) is 4.70. The Morgan fingerprint density at radius 1 is 0.964 bits per heavy atom. The number of carbonyl (C=O) groups is 2. The summed E-state index contributed by atoms with van der Waals surface area (Å²) in [6, 6.07) is 13.2.